The number of nitriles is 1. The van der Waals surface area contributed by atoms with Crippen molar-refractivity contribution < 1.29 is 5.11 Å². The number of thiocarbonyl (C=S) groups is 1. The summed E-state index contributed by atoms with van der Waals surface area (Å²) in [6.07, 6.45) is 0. The number of aliphatic hydroxyl groups is 1. The second-order valence-electron chi connectivity index (χ2n) is 3.13. The highest BCUT2D eigenvalue weighted by atomic mass is 35.5. The number of aliphatic hydroxyl groups excluding tert-OH is 1. The summed E-state index contributed by atoms with van der Waals surface area (Å²) in [5.74, 6) is -0.150. The van der Waals surface area contributed by atoms with Crippen LogP contribution in [0.1, 0.15) is 6.92 Å². The highest BCUT2D eigenvalue weighted by Gasteiger charge is 2.11. The summed E-state index contributed by atoms with van der Waals surface area (Å²) in [4.78, 5) is 0.0941. The molecule has 1 aromatic rings. The molecule has 0 heterocycles. The van der Waals surface area contributed by atoms with Gasteiger partial charge in [0.25, 0.3) is 0 Å². The van der Waals surface area contributed by atoms with Gasteiger partial charge in [0.05, 0.1) is 15.7 Å². The van der Waals surface area contributed by atoms with Gasteiger partial charge in [-0.05, 0) is 19.1 Å². The number of anilines is 1. The van der Waals surface area contributed by atoms with Crippen molar-refractivity contribution in [3.8, 4) is 6.07 Å². The van der Waals surface area contributed by atoms with Crippen LogP contribution in [0.25, 0.3) is 0 Å². The minimum Gasteiger partial charge on any atom is -0.511 e. The number of nitrogens with zero attached hydrogens (tertiary/aromatic N) is 1. The highest BCUT2D eigenvalue weighted by molar-refractivity contribution is 7.81. The SMILES string of the molecule is CC(O)=C(C#N)C(=S)Nc1cccc(Cl)c1Cl. The molecule has 1 aromatic carbocycles. The molecule has 0 spiro atoms. The molecule has 0 fully saturated rings. The van der Waals surface area contributed by atoms with E-state index >= 15 is 0 Å². The molecule has 6 heteroatoms. The fourth-order valence-corrected chi connectivity index (χ4v) is 1.73. The molecule has 0 aromatic heterocycles. The Morgan fingerprint density at radius 2 is 2.12 bits per heavy atom. The molecule has 0 saturated heterocycles. The average molecular weight is 287 g/mol. The number of halogens is 2. The lowest BCUT2D eigenvalue weighted by Gasteiger charge is -2.09. The fourth-order valence-electron chi connectivity index (χ4n) is 1.08. The molecule has 2 N–H and O–H groups in total. The Balaban J connectivity index is 3.01. The first-order valence-electron chi connectivity index (χ1n) is 4.52. The van der Waals surface area contributed by atoms with Gasteiger partial charge in [-0.1, -0.05) is 41.5 Å². The molecule has 0 saturated carbocycles. The molecule has 0 atom stereocenters. The molecule has 3 nitrogen and oxygen atoms in total. The summed E-state index contributed by atoms with van der Waals surface area (Å²) in [5.41, 5.74) is 0.481. The van der Waals surface area contributed by atoms with Crippen LogP contribution < -0.4 is 5.32 Å². The Hall–Kier alpha value is -1.28. The number of rotatable bonds is 2. The molecule has 1 rings (SSSR count). The highest BCUT2D eigenvalue weighted by Crippen LogP contribution is 2.29. The van der Waals surface area contributed by atoms with Crippen LogP contribution in [-0.4, -0.2) is 10.1 Å². The molecule has 0 unspecified atom stereocenters. The lowest BCUT2D eigenvalue weighted by molar-refractivity contribution is 0.412. The van der Waals surface area contributed by atoms with Crippen molar-refractivity contribution in [1.82, 2.24) is 0 Å². The standard InChI is InChI=1S/C11H8Cl2N2OS/c1-6(16)7(5-14)11(17)15-9-4-2-3-8(12)10(9)13/h2-4,16H,1H3,(H,15,17). The first kappa shape index (κ1) is 13.8. The van der Waals surface area contributed by atoms with Crippen LogP contribution in [0.4, 0.5) is 5.69 Å². The van der Waals surface area contributed by atoms with E-state index in [0.717, 1.165) is 0 Å². The van der Waals surface area contributed by atoms with Gasteiger partial charge in [0.2, 0.25) is 0 Å². The first-order valence-corrected chi connectivity index (χ1v) is 5.69. The minimum atomic E-state index is -0.150. The Kier molecular flexibility index (Phi) is 4.76. The van der Waals surface area contributed by atoms with Gasteiger partial charge in [0.1, 0.15) is 22.4 Å². The van der Waals surface area contributed by atoms with Crippen molar-refractivity contribution in [3.05, 3.63) is 39.6 Å². The summed E-state index contributed by atoms with van der Waals surface area (Å²) in [6, 6.07) is 6.80. The monoisotopic (exact) mass is 286 g/mol. The van der Waals surface area contributed by atoms with Crippen molar-refractivity contribution in [2.45, 2.75) is 6.92 Å². The Labute approximate surface area is 114 Å². The number of allylic oxidation sites excluding steroid dienone is 1. The number of nitrogens with one attached hydrogen (secondary N) is 1. The van der Waals surface area contributed by atoms with E-state index in [-0.39, 0.29) is 16.3 Å². The first-order chi connectivity index (χ1) is 7.97. The van der Waals surface area contributed by atoms with Gasteiger partial charge in [-0.15, -0.1) is 0 Å². The predicted octanol–water partition coefficient (Wildman–Crippen LogP) is 4.09. The molecule has 0 radical (unpaired) electrons. The second-order valence-corrected chi connectivity index (χ2v) is 4.32. The Morgan fingerprint density at radius 3 is 2.65 bits per heavy atom. The third-order valence-corrected chi connectivity index (χ3v) is 3.03. The minimum absolute atomic E-state index is 0.00366. The average Bonchev–Trinajstić information content (AvgIpc) is 2.25. The van der Waals surface area contributed by atoms with Crippen LogP contribution in [0, 0.1) is 11.3 Å². The maximum Gasteiger partial charge on any atom is 0.125 e. The summed E-state index contributed by atoms with van der Waals surface area (Å²) in [7, 11) is 0. The maximum absolute atomic E-state index is 9.26. The van der Waals surface area contributed by atoms with Gasteiger partial charge in [-0.25, -0.2) is 0 Å². The van der Waals surface area contributed by atoms with Crippen molar-refractivity contribution in [2.75, 3.05) is 5.32 Å². The molecule has 0 bridgehead atoms. The molecule has 88 valence electrons. The number of hydrogen-bond acceptors (Lipinski definition) is 3. The molecular formula is C11H8Cl2N2OS. The summed E-state index contributed by atoms with van der Waals surface area (Å²) in [5, 5.41) is 21.5. The fraction of sp³-hybridized carbons (Fsp3) is 0.0909. The molecule has 0 aliphatic rings. The van der Waals surface area contributed by atoms with Gasteiger partial charge in [0, 0.05) is 0 Å². The van der Waals surface area contributed by atoms with Gasteiger partial charge in [-0.2, -0.15) is 5.26 Å². The van der Waals surface area contributed by atoms with E-state index in [1.54, 1.807) is 24.3 Å². The zero-order valence-electron chi connectivity index (χ0n) is 8.79. The van der Waals surface area contributed by atoms with E-state index in [1.165, 1.54) is 6.92 Å². The second kappa shape index (κ2) is 5.87. The third-order valence-electron chi connectivity index (χ3n) is 1.90. The molecule has 0 aliphatic carbocycles. The largest absolute Gasteiger partial charge is 0.511 e. The lowest BCUT2D eigenvalue weighted by Crippen LogP contribution is -2.13. The van der Waals surface area contributed by atoms with E-state index in [1.807, 2.05) is 0 Å². The number of benzene rings is 1. The van der Waals surface area contributed by atoms with E-state index in [9.17, 15) is 5.11 Å². The molecule has 17 heavy (non-hydrogen) atoms. The smallest absolute Gasteiger partial charge is 0.125 e. The third kappa shape index (κ3) is 3.34. The number of hydrogen-bond donors (Lipinski definition) is 2. The lowest BCUT2D eigenvalue weighted by atomic mass is 10.2. The van der Waals surface area contributed by atoms with E-state index in [0.29, 0.717) is 15.7 Å². The van der Waals surface area contributed by atoms with E-state index in [4.69, 9.17) is 40.7 Å². The summed E-state index contributed by atoms with van der Waals surface area (Å²) in [6.45, 7) is 1.38. The van der Waals surface area contributed by atoms with Crippen molar-refractivity contribution in [1.29, 1.82) is 5.26 Å². The Bertz CT molecular complexity index is 531. The van der Waals surface area contributed by atoms with Gasteiger partial charge in [-0.3, -0.25) is 0 Å². The normalized spacial score (nSPS) is 11.4. The quantitative estimate of drug-likeness (QED) is 0.372. The van der Waals surface area contributed by atoms with Gasteiger partial charge >= 0.3 is 0 Å². The van der Waals surface area contributed by atoms with Crippen LogP contribution in [0.15, 0.2) is 29.5 Å². The molecule has 0 amide bonds. The van der Waals surface area contributed by atoms with Crippen LogP contribution >= 0.6 is 35.4 Å². The predicted molar refractivity (Wildman–Crippen MR) is 73.6 cm³/mol. The van der Waals surface area contributed by atoms with E-state index in [2.05, 4.69) is 5.32 Å². The molecular weight excluding hydrogens is 279 g/mol. The summed E-state index contributed by atoms with van der Waals surface area (Å²) >= 11 is 16.8. The molecule has 0 aliphatic heterocycles. The summed E-state index contributed by atoms with van der Waals surface area (Å²) < 4.78 is 0. The zero-order valence-corrected chi connectivity index (χ0v) is 11.1. The van der Waals surface area contributed by atoms with Crippen molar-refractivity contribution in [3.63, 3.8) is 0 Å². The van der Waals surface area contributed by atoms with Crippen molar-refractivity contribution in [2.24, 2.45) is 0 Å². The van der Waals surface area contributed by atoms with Gasteiger partial charge < -0.3 is 10.4 Å². The van der Waals surface area contributed by atoms with Crippen LogP contribution in [0.2, 0.25) is 10.0 Å². The van der Waals surface area contributed by atoms with Gasteiger partial charge in [0.15, 0.2) is 0 Å². The van der Waals surface area contributed by atoms with Crippen LogP contribution in [0.3, 0.4) is 0 Å². The topological polar surface area (TPSA) is 56.0 Å². The van der Waals surface area contributed by atoms with Crippen molar-refractivity contribution >= 4 is 46.1 Å². The Morgan fingerprint density at radius 1 is 1.47 bits per heavy atom. The van der Waals surface area contributed by atoms with E-state index < -0.39 is 0 Å². The van der Waals surface area contributed by atoms with Crippen LogP contribution in [-0.2, 0) is 0 Å². The van der Waals surface area contributed by atoms with Crippen LogP contribution in [0.5, 0.6) is 0 Å². The zero-order chi connectivity index (χ0) is 13.0. The maximum atomic E-state index is 9.26.